The summed E-state index contributed by atoms with van der Waals surface area (Å²) in [7, 11) is 0. The van der Waals surface area contributed by atoms with E-state index in [1.165, 1.54) is 6.92 Å². The number of rotatable bonds is 2. The number of hydrogen-bond donors (Lipinski definition) is 2. The molecule has 1 aromatic heterocycles. The standard InChI is InChI=1S/C14H12N2O3/c1-7(17)12-13-9(6-11(16-12)14(18)19)8-4-2-3-5-10(8)15-13/h2-5,11,15H,6H2,1H3,(H,18,19). The van der Waals surface area contributed by atoms with Gasteiger partial charge in [0.25, 0.3) is 0 Å². The maximum Gasteiger partial charge on any atom is 0.328 e. The molecular weight excluding hydrogens is 244 g/mol. The molecule has 2 N–H and O–H groups in total. The highest BCUT2D eigenvalue weighted by molar-refractivity contribution is 6.46. The molecule has 1 unspecified atom stereocenters. The van der Waals surface area contributed by atoms with Gasteiger partial charge in [-0.2, -0.15) is 0 Å². The van der Waals surface area contributed by atoms with Gasteiger partial charge in [0.1, 0.15) is 5.71 Å². The lowest BCUT2D eigenvalue weighted by Crippen LogP contribution is -2.30. The van der Waals surface area contributed by atoms with E-state index in [9.17, 15) is 9.59 Å². The molecule has 3 rings (SSSR count). The zero-order valence-electron chi connectivity index (χ0n) is 10.3. The van der Waals surface area contributed by atoms with Gasteiger partial charge in [-0.3, -0.25) is 9.79 Å². The van der Waals surface area contributed by atoms with Crippen molar-refractivity contribution in [1.82, 2.24) is 4.98 Å². The zero-order chi connectivity index (χ0) is 13.6. The molecule has 19 heavy (non-hydrogen) atoms. The van der Waals surface area contributed by atoms with Crippen LogP contribution in [0.25, 0.3) is 10.9 Å². The second kappa shape index (κ2) is 4.05. The third kappa shape index (κ3) is 1.74. The van der Waals surface area contributed by atoms with Crippen LogP contribution in [0.2, 0.25) is 0 Å². The van der Waals surface area contributed by atoms with Gasteiger partial charge in [0.05, 0.1) is 5.69 Å². The van der Waals surface area contributed by atoms with Crippen molar-refractivity contribution >= 4 is 28.4 Å². The Morgan fingerprint density at radius 1 is 1.37 bits per heavy atom. The van der Waals surface area contributed by atoms with E-state index in [0.29, 0.717) is 12.1 Å². The highest BCUT2D eigenvalue weighted by Gasteiger charge is 2.30. The quantitative estimate of drug-likeness (QED) is 0.855. The number of aromatic nitrogens is 1. The molecule has 1 atom stereocenters. The monoisotopic (exact) mass is 256 g/mol. The lowest BCUT2D eigenvalue weighted by atomic mass is 9.96. The average Bonchev–Trinajstić information content (AvgIpc) is 2.75. The lowest BCUT2D eigenvalue weighted by molar-refractivity contribution is -0.138. The summed E-state index contributed by atoms with van der Waals surface area (Å²) in [6.07, 6.45) is 0.311. The Hall–Kier alpha value is -2.43. The minimum absolute atomic E-state index is 0.223. The number of fused-ring (bicyclic) bond motifs is 3. The fraction of sp³-hybridized carbons (Fsp3) is 0.214. The number of benzene rings is 1. The average molecular weight is 256 g/mol. The van der Waals surface area contributed by atoms with Crippen molar-refractivity contribution in [2.45, 2.75) is 19.4 Å². The van der Waals surface area contributed by atoms with Crippen molar-refractivity contribution in [2.24, 2.45) is 4.99 Å². The van der Waals surface area contributed by atoms with Crippen LogP contribution in [0.4, 0.5) is 0 Å². The largest absolute Gasteiger partial charge is 0.480 e. The van der Waals surface area contributed by atoms with E-state index in [4.69, 9.17) is 5.11 Å². The molecule has 1 aliphatic heterocycles. The molecule has 1 aromatic carbocycles. The maximum absolute atomic E-state index is 11.7. The number of nitrogens with one attached hydrogen (secondary N) is 1. The molecule has 0 bridgehead atoms. The number of carbonyl (C=O) groups excluding carboxylic acids is 1. The van der Waals surface area contributed by atoms with Gasteiger partial charge in [-0.25, -0.2) is 4.79 Å². The second-order valence-electron chi connectivity index (χ2n) is 4.62. The molecule has 0 saturated heterocycles. The highest BCUT2D eigenvalue weighted by Crippen LogP contribution is 2.28. The topological polar surface area (TPSA) is 82.5 Å². The molecule has 1 aliphatic rings. The first-order chi connectivity index (χ1) is 9.08. The Kier molecular flexibility index (Phi) is 2.48. The van der Waals surface area contributed by atoms with Crippen LogP contribution in [-0.4, -0.2) is 33.6 Å². The summed E-state index contributed by atoms with van der Waals surface area (Å²) >= 11 is 0. The van der Waals surface area contributed by atoms with Crippen molar-refractivity contribution in [1.29, 1.82) is 0 Å². The molecule has 2 heterocycles. The first-order valence-corrected chi connectivity index (χ1v) is 5.99. The summed E-state index contributed by atoms with van der Waals surface area (Å²) < 4.78 is 0. The number of aliphatic carboxylic acids is 1. The smallest absolute Gasteiger partial charge is 0.328 e. The highest BCUT2D eigenvalue weighted by atomic mass is 16.4. The molecule has 0 fully saturated rings. The molecular formula is C14H12N2O3. The number of aromatic amines is 1. The predicted molar refractivity (Wildman–Crippen MR) is 70.6 cm³/mol. The Labute approximate surface area is 109 Å². The molecule has 5 heteroatoms. The number of carboxylic acid groups (broad SMARTS) is 1. The SMILES string of the molecule is CC(=O)C1=NC(C(=O)O)Cc2c1[nH]c1ccccc21. The Balaban J connectivity index is 2.27. The fourth-order valence-electron chi connectivity index (χ4n) is 2.48. The van der Waals surface area contributed by atoms with E-state index in [1.54, 1.807) is 0 Å². The Morgan fingerprint density at radius 3 is 2.79 bits per heavy atom. The number of ketones is 1. The maximum atomic E-state index is 11.7. The van der Waals surface area contributed by atoms with Crippen molar-refractivity contribution < 1.29 is 14.7 Å². The normalized spacial score (nSPS) is 17.9. The first-order valence-electron chi connectivity index (χ1n) is 5.99. The number of nitrogens with zero attached hydrogens (tertiary/aromatic N) is 1. The van der Waals surface area contributed by atoms with Crippen molar-refractivity contribution in [3.63, 3.8) is 0 Å². The van der Waals surface area contributed by atoms with Crippen LogP contribution in [0.1, 0.15) is 18.2 Å². The van der Waals surface area contributed by atoms with Gasteiger partial charge in [-0.15, -0.1) is 0 Å². The fourth-order valence-corrected chi connectivity index (χ4v) is 2.48. The molecule has 0 spiro atoms. The van der Waals surface area contributed by atoms with Gasteiger partial charge >= 0.3 is 5.97 Å². The van der Waals surface area contributed by atoms with Gasteiger partial charge < -0.3 is 10.1 Å². The van der Waals surface area contributed by atoms with Gasteiger partial charge in [-0.1, -0.05) is 18.2 Å². The number of hydrogen-bond acceptors (Lipinski definition) is 3. The van der Waals surface area contributed by atoms with E-state index in [-0.39, 0.29) is 11.5 Å². The summed E-state index contributed by atoms with van der Waals surface area (Å²) in [5, 5.41) is 10.1. The lowest BCUT2D eigenvalue weighted by Gasteiger charge is -2.16. The van der Waals surface area contributed by atoms with Crippen molar-refractivity contribution in [3.05, 3.63) is 35.5 Å². The van der Waals surface area contributed by atoms with Crippen LogP contribution in [0, 0.1) is 0 Å². The number of aliphatic imine (C=N–C) groups is 1. The van der Waals surface area contributed by atoms with Crippen molar-refractivity contribution in [2.75, 3.05) is 0 Å². The first kappa shape index (κ1) is 11.6. The molecule has 96 valence electrons. The molecule has 0 aliphatic carbocycles. The molecule has 0 saturated carbocycles. The van der Waals surface area contributed by atoms with Crippen molar-refractivity contribution in [3.8, 4) is 0 Å². The van der Waals surface area contributed by atoms with E-state index < -0.39 is 12.0 Å². The van der Waals surface area contributed by atoms with E-state index in [2.05, 4.69) is 9.98 Å². The van der Waals surface area contributed by atoms with Crippen LogP contribution in [0.5, 0.6) is 0 Å². The van der Waals surface area contributed by atoms with Crippen LogP contribution in [-0.2, 0) is 16.0 Å². The van der Waals surface area contributed by atoms with Crippen LogP contribution in [0.15, 0.2) is 29.3 Å². The van der Waals surface area contributed by atoms with Crippen LogP contribution < -0.4 is 0 Å². The van der Waals surface area contributed by atoms with E-state index >= 15 is 0 Å². The van der Waals surface area contributed by atoms with E-state index in [1.807, 2.05) is 24.3 Å². The minimum Gasteiger partial charge on any atom is -0.480 e. The number of carboxylic acids is 1. The number of carbonyl (C=O) groups is 2. The van der Waals surface area contributed by atoms with E-state index in [0.717, 1.165) is 16.5 Å². The number of para-hydroxylation sites is 1. The number of Topliss-reactive ketones (excluding diaryl/α,β-unsaturated/α-hetero) is 1. The third-order valence-corrected chi connectivity index (χ3v) is 3.35. The Morgan fingerprint density at radius 2 is 2.11 bits per heavy atom. The minimum atomic E-state index is -1.00. The Bertz CT molecular complexity index is 727. The van der Waals surface area contributed by atoms with Gasteiger partial charge in [0.2, 0.25) is 0 Å². The zero-order valence-corrected chi connectivity index (χ0v) is 10.3. The molecule has 2 aromatic rings. The van der Waals surface area contributed by atoms with Crippen LogP contribution in [0.3, 0.4) is 0 Å². The summed E-state index contributed by atoms with van der Waals surface area (Å²) in [4.78, 5) is 30.0. The van der Waals surface area contributed by atoms with Gasteiger partial charge in [0, 0.05) is 24.2 Å². The predicted octanol–water partition coefficient (Wildman–Crippen LogP) is 1.56. The molecule has 0 amide bonds. The third-order valence-electron chi connectivity index (χ3n) is 3.35. The van der Waals surface area contributed by atoms with Crippen LogP contribution >= 0.6 is 0 Å². The molecule has 0 radical (unpaired) electrons. The summed E-state index contributed by atoms with van der Waals surface area (Å²) in [6, 6.07) is 6.73. The summed E-state index contributed by atoms with van der Waals surface area (Å²) in [5.41, 5.74) is 2.65. The van der Waals surface area contributed by atoms with Gasteiger partial charge in [0.15, 0.2) is 11.8 Å². The van der Waals surface area contributed by atoms with Gasteiger partial charge in [-0.05, 0) is 11.6 Å². The number of H-pyrrole nitrogens is 1. The second-order valence-corrected chi connectivity index (χ2v) is 4.62. The summed E-state index contributed by atoms with van der Waals surface area (Å²) in [5.74, 6) is -1.23. The summed E-state index contributed by atoms with van der Waals surface area (Å²) in [6.45, 7) is 1.40. The molecule has 5 nitrogen and oxygen atoms in total.